The van der Waals surface area contributed by atoms with Gasteiger partial charge in [-0.1, -0.05) is 0 Å². The zero-order valence-corrected chi connectivity index (χ0v) is 12.6. The van der Waals surface area contributed by atoms with Gasteiger partial charge in [0.2, 0.25) is 0 Å². The molecule has 0 N–H and O–H groups in total. The molecular weight excluding hydrogens is 673 g/mol. The zero-order chi connectivity index (χ0) is 0. The fourth-order valence-corrected chi connectivity index (χ4v) is 0. The van der Waals surface area contributed by atoms with Gasteiger partial charge in [0.15, 0.2) is 0 Å². The molecule has 52 valence electrons. The molecule has 0 aromatic heterocycles. The molecule has 0 bridgehead atoms. The van der Waals surface area contributed by atoms with Crippen molar-refractivity contribution >= 4 is 0 Å². The van der Waals surface area contributed by atoms with Gasteiger partial charge in [-0.25, -0.2) is 0 Å². The Morgan fingerprint density at radius 2 is 0.333 bits per heavy atom. The normalized spacial score (nSPS) is 0. The van der Waals surface area contributed by atoms with Crippen molar-refractivity contribution in [3.05, 3.63) is 0 Å². The minimum atomic E-state index is 0. The van der Waals surface area contributed by atoms with Gasteiger partial charge in [-0.15, -0.1) is 0 Å². The van der Waals surface area contributed by atoms with Crippen molar-refractivity contribution in [2.75, 3.05) is 0 Å². The third-order valence-corrected chi connectivity index (χ3v) is 0. The Morgan fingerprint density at radius 1 is 0.333 bits per heavy atom. The Kier molecular flexibility index (Phi) is 274. The van der Waals surface area contributed by atoms with E-state index in [4.69, 9.17) is 0 Å². The summed E-state index contributed by atoms with van der Waals surface area (Å²) in [4.78, 5) is 0. The molecule has 0 radical (unpaired) electrons. The molecule has 0 amide bonds. The van der Waals surface area contributed by atoms with E-state index in [2.05, 4.69) is 0 Å². The summed E-state index contributed by atoms with van der Waals surface area (Å²) in [6.45, 7) is 0. The summed E-state index contributed by atoms with van der Waals surface area (Å²) in [7, 11) is 0. The van der Waals surface area contributed by atoms with Gasteiger partial charge in [-0.05, 0) is 0 Å². The monoisotopic (exact) mass is 675 g/mol. The Labute approximate surface area is 131 Å². The van der Waals surface area contributed by atoms with Crippen molar-refractivity contribution in [2.45, 2.75) is 0 Å². The van der Waals surface area contributed by atoms with Crippen LogP contribution in [0.1, 0.15) is 0 Å². The molecule has 0 saturated carbocycles. The number of hydrogen-bond donors (Lipinski definition) is 0. The first kappa shape index (κ1) is 47.7. The van der Waals surface area contributed by atoms with E-state index in [9.17, 15) is 0 Å². The van der Waals surface area contributed by atoms with Crippen LogP contribution in [0.4, 0.5) is 0 Å². The molecule has 0 spiro atoms. The van der Waals surface area contributed by atoms with Gasteiger partial charge in [0.05, 0.1) is 0 Å². The smallest absolute Gasteiger partial charge is 0 e. The molecule has 0 aromatic rings. The summed E-state index contributed by atoms with van der Waals surface area (Å²) in [5, 5.41) is 0. The molecule has 0 aliphatic carbocycles. The van der Waals surface area contributed by atoms with Crippen molar-refractivity contribution in [3.63, 3.8) is 0 Å². The van der Waals surface area contributed by atoms with E-state index in [0.29, 0.717) is 0 Å². The molecule has 0 aliphatic rings. The quantitative estimate of drug-likeness (QED) is 0.318. The Bertz CT molecular complexity index is 3.90. The summed E-state index contributed by atoms with van der Waals surface area (Å²) >= 11 is 0. The van der Waals surface area contributed by atoms with Crippen molar-refractivity contribution in [3.8, 4) is 0 Å². The van der Waals surface area contributed by atoms with Gasteiger partial charge in [0.25, 0.3) is 0 Å². The maximum Gasteiger partial charge on any atom is 0 e. The molecule has 0 atom stereocenters. The van der Waals surface area contributed by atoms with E-state index in [1.165, 1.54) is 0 Å². The summed E-state index contributed by atoms with van der Waals surface area (Å²) < 4.78 is 0. The van der Waals surface area contributed by atoms with Crippen LogP contribution in [0.5, 0.6) is 0 Å². The van der Waals surface area contributed by atoms with E-state index in [0.717, 1.165) is 0 Å². The maximum atomic E-state index is 0. The van der Waals surface area contributed by atoms with Crippen LogP contribution in [-0.4, -0.2) is 0 Å². The number of hydrogen-bond acceptors (Lipinski definition) is 0. The van der Waals surface area contributed by atoms with Gasteiger partial charge < -0.3 is 0 Å². The first-order valence-electron chi connectivity index (χ1n) is 0. The van der Waals surface area contributed by atoms with E-state index in [1.807, 2.05) is 0 Å². The molecule has 0 heterocycles. The molecule has 6 heteroatoms. The third-order valence-electron chi connectivity index (χ3n) is 0. The molecule has 0 rings (SSSR count). The van der Waals surface area contributed by atoms with Crippen LogP contribution < -0.4 is 0 Å². The molecule has 0 aromatic carbocycles. The summed E-state index contributed by atoms with van der Waals surface area (Å²) in [5.41, 5.74) is 0. The summed E-state index contributed by atoms with van der Waals surface area (Å²) in [5.74, 6) is 0. The van der Waals surface area contributed by atoms with Gasteiger partial charge in [-0.3, -0.25) is 0 Å². The van der Waals surface area contributed by atoms with Crippen LogP contribution in [0.3, 0.4) is 0 Å². The molecule has 0 saturated heterocycles. The average molecular weight is 673 g/mol. The van der Waals surface area contributed by atoms with Crippen molar-refractivity contribution in [2.24, 2.45) is 0 Å². The Hall–Kier alpha value is 4.36. The van der Waals surface area contributed by atoms with Crippen LogP contribution in [0, 0.1) is 37.3 Å². The van der Waals surface area contributed by atoms with Crippen LogP contribution >= 0.6 is 0 Å². The maximum absolute atomic E-state index is 0. The molecule has 0 fully saturated rings. The van der Waals surface area contributed by atoms with Crippen molar-refractivity contribution in [1.29, 1.82) is 0 Å². The average Bonchev–Trinajstić information content (AvgIpc) is 0. The van der Waals surface area contributed by atoms with Gasteiger partial charge in [0.1, 0.15) is 0 Å². The topological polar surface area (TPSA) is 0 Å². The largest absolute Gasteiger partial charge is 0 e. The van der Waals surface area contributed by atoms with Gasteiger partial charge in [-0.2, -0.15) is 0 Å². The first-order chi connectivity index (χ1) is 0. The SMILES string of the molecule is [Er].[Ru].[Ru].[Ru].[Ru].[Ru]. The Balaban J connectivity index is 0. The summed E-state index contributed by atoms with van der Waals surface area (Å²) in [6.07, 6.45) is 0. The van der Waals surface area contributed by atoms with Crippen LogP contribution in [0.2, 0.25) is 0 Å². The molecule has 0 nitrogen and oxygen atoms in total. The number of rotatable bonds is 0. The van der Waals surface area contributed by atoms with E-state index in [-0.39, 0.29) is 135 Å². The van der Waals surface area contributed by atoms with E-state index < -0.39 is 0 Å². The minimum absolute atomic E-state index is 0. The molecule has 0 unspecified atom stereocenters. The second-order valence-electron chi connectivity index (χ2n) is 0. The predicted molar refractivity (Wildman–Crippen MR) is 0 cm³/mol. The van der Waals surface area contributed by atoms with E-state index >= 15 is 0 Å². The third kappa shape index (κ3) is 23.8. The van der Waals surface area contributed by atoms with Crippen molar-refractivity contribution in [1.82, 2.24) is 0 Å². The van der Waals surface area contributed by atoms with E-state index in [1.54, 1.807) is 0 Å². The predicted octanol–water partition coefficient (Wildman–Crippen LogP) is -0.0125. The molecule has 6 heavy (non-hydrogen) atoms. The van der Waals surface area contributed by atoms with Crippen LogP contribution in [0.15, 0.2) is 0 Å². The second-order valence-corrected chi connectivity index (χ2v) is 0. The van der Waals surface area contributed by atoms with Crippen molar-refractivity contribution < 1.29 is 135 Å². The molecular formula is ErRu5. The summed E-state index contributed by atoms with van der Waals surface area (Å²) in [6, 6.07) is 0. The molecule has 0 aliphatic heterocycles. The fraction of sp³-hybridized carbons (Fsp3) is 0. The first-order valence-corrected chi connectivity index (χ1v) is 0. The Morgan fingerprint density at radius 3 is 0.333 bits per heavy atom. The zero-order valence-electron chi connectivity index (χ0n) is 2.06. The minimum Gasteiger partial charge on any atom is 0 e. The van der Waals surface area contributed by atoms with Gasteiger partial charge in [0, 0.05) is 135 Å². The van der Waals surface area contributed by atoms with Crippen LogP contribution in [0.25, 0.3) is 0 Å². The second kappa shape index (κ2) is 34.4. The van der Waals surface area contributed by atoms with Gasteiger partial charge >= 0.3 is 0 Å². The fourth-order valence-electron chi connectivity index (χ4n) is 0. The van der Waals surface area contributed by atoms with Crippen LogP contribution in [-0.2, 0) is 97.4 Å². The standard InChI is InChI=1S/Er.5Ru.